The molecule has 0 bridgehead atoms. The fourth-order valence-electron chi connectivity index (χ4n) is 3.22. The highest BCUT2D eigenvalue weighted by Gasteiger charge is 2.26. The van der Waals surface area contributed by atoms with Gasteiger partial charge in [0.1, 0.15) is 11.3 Å². The van der Waals surface area contributed by atoms with E-state index in [0.29, 0.717) is 23.0 Å². The summed E-state index contributed by atoms with van der Waals surface area (Å²) in [6.45, 7) is 0. The fourth-order valence-corrected chi connectivity index (χ4v) is 3.22. The van der Waals surface area contributed by atoms with Crippen LogP contribution < -0.4 is 11.0 Å². The summed E-state index contributed by atoms with van der Waals surface area (Å²) in [6.07, 6.45) is 0.561. The largest absolute Gasteiger partial charge is 0.506 e. The molecule has 0 radical (unpaired) electrons. The highest BCUT2D eigenvalue weighted by atomic mass is 16.3. The summed E-state index contributed by atoms with van der Waals surface area (Å²) in [5.41, 5.74) is 5.52. The molecule has 2 aromatic carbocycles. The van der Waals surface area contributed by atoms with Crippen LogP contribution in [0.4, 0.5) is 0 Å². The number of hydrazone groups is 1. The number of hydrogen-bond acceptors (Lipinski definition) is 4. The number of fused-ring (bicyclic) bond motifs is 1. The molecule has 3 aromatic rings. The van der Waals surface area contributed by atoms with Gasteiger partial charge in [0.15, 0.2) is 0 Å². The molecular formula is C19H17N3O2. The van der Waals surface area contributed by atoms with E-state index in [9.17, 15) is 9.90 Å². The fraction of sp³-hybridized carbons (Fsp3) is 0.158. The van der Waals surface area contributed by atoms with Gasteiger partial charge in [0.25, 0.3) is 5.56 Å². The second kappa shape index (κ2) is 5.53. The Morgan fingerprint density at radius 3 is 2.62 bits per heavy atom. The van der Waals surface area contributed by atoms with Crippen LogP contribution in [0.5, 0.6) is 5.75 Å². The third kappa shape index (κ3) is 2.17. The molecule has 1 aliphatic rings. The molecule has 0 amide bonds. The van der Waals surface area contributed by atoms with Gasteiger partial charge in [-0.25, -0.2) is 0 Å². The van der Waals surface area contributed by atoms with E-state index in [0.717, 1.165) is 5.56 Å². The van der Waals surface area contributed by atoms with Crippen molar-refractivity contribution < 1.29 is 5.11 Å². The zero-order valence-corrected chi connectivity index (χ0v) is 13.2. The number of nitrogens with one attached hydrogen (secondary N) is 1. The second-order valence-electron chi connectivity index (χ2n) is 5.96. The highest BCUT2D eigenvalue weighted by Crippen LogP contribution is 2.30. The number of para-hydroxylation sites is 1. The number of hydrogen-bond donors (Lipinski definition) is 2. The molecule has 1 atom stereocenters. The summed E-state index contributed by atoms with van der Waals surface area (Å²) in [4.78, 5) is 12.7. The minimum Gasteiger partial charge on any atom is -0.506 e. The number of pyridine rings is 1. The molecule has 4 rings (SSSR count). The van der Waals surface area contributed by atoms with Gasteiger partial charge < -0.3 is 15.1 Å². The Balaban J connectivity index is 1.80. The number of nitrogens with zero attached hydrogens (tertiary/aromatic N) is 2. The normalized spacial score (nSPS) is 16.9. The predicted octanol–water partition coefficient (Wildman–Crippen LogP) is 2.68. The zero-order valence-electron chi connectivity index (χ0n) is 13.2. The molecule has 0 unspecified atom stereocenters. The predicted molar refractivity (Wildman–Crippen MR) is 94.3 cm³/mol. The maximum absolute atomic E-state index is 12.7. The van der Waals surface area contributed by atoms with E-state index < -0.39 is 0 Å². The van der Waals surface area contributed by atoms with Crippen LogP contribution in [0.2, 0.25) is 0 Å². The molecular weight excluding hydrogens is 302 g/mol. The Hall–Kier alpha value is -3.08. The summed E-state index contributed by atoms with van der Waals surface area (Å²) in [6, 6.07) is 17.3. The second-order valence-corrected chi connectivity index (χ2v) is 5.96. The summed E-state index contributed by atoms with van der Waals surface area (Å²) in [7, 11) is 1.71. The van der Waals surface area contributed by atoms with E-state index in [1.54, 1.807) is 11.6 Å². The molecule has 0 fully saturated rings. The van der Waals surface area contributed by atoms with Gasteiger partial charge in [0.2, 0.25) is 0 Å². The molecule has 0 aliphatic carbocycles. The van der Waals surface area contributed by atoms with Crippen molar-refractivity contribution in [2.24, 2.45) is 12.1 Å². The first kappa shape index (κ1) is 14.5. The molecule has 1 aliphatic heterocycles. The Bertz CT molecular complexity index is 1010. The SMILES string of the molecule is Cn1c(=O)c(C2=NN[C@@H](c3ccccc3)C2)c(O)c2ccccc21. The van der Waals surface area contributed by atoms with Crippen molar-refractivity contribution in [1.29, 1.82) is 0 Å². The van der Waals surface area contributed by atoms with Crippen molar-refractivity contribution in [2.45, 2.75) is 12.5 Å². The maximum Gasteiger partial charge on any atom is 0.263 e. The van der Waals surface area contributed by atoms with E-state index in [1.807, 2.05) is 54.6 Å². The standard InChI is InChI=1S/C19H17N3O2/c1-22-16-10-6-5-9-13(16)18(23)17(19(22)24)15-11-14(20-21-15)12-7-3-2-4-8-12/h2-10,14,20,23H,11H2,1H3/t14-/m1/s1. The van der Waals surface area contributed by atoms with Crippen LogP contribution >= 0.6 is 0 Å². The number of benzene rings is 2. The number of rotatable bonds is 2. The summed E-state index contributed by atoms with van der Waals surface area (Å²) in [5, 5.41) is 15.6. The van der Waals surface area contributed by atoms with Crippen LogP contribution in [-0.2, 0) is 7.05 Å². The molecule has 5 heteroatoms. The van der Waals surface area contributed by atoms with E-state index >= 15 is 0 Å². The molecule has 0 spiro atoms. The first-order chi connectivity index (χ1) is 11.7. The van der Waals surface area contributed by atoms with Gasteiger partial charge in [0, 0.05) is 18.9 Å². The van der Waals surface area contributed by atoms with Crippen LogP contribution in [-0.4, -0.2) is 15.4 Å². The molecule has 24 heavy (non-hydrogen) atoms. The Labute approximate surface area is 138 Å². The Morgan fingerprint density at radius 2 is 1.83 bits per heavy atom. The summed E-state index contributed by atoms with van der Waals surface area (Å²) >= 11 is 0. The lowest BCUT2D eigenvalue weighted by Gasteiger charge is -2.12. The first-order valence-electron chi connectivity index (χ1n) is 7.85. The van der Waals surface area contributed by atoms with Gasteiger partial charge >= 0.3 is 0 Å². The van der Waals surface area contributed by atoms with Crippen LogP contribution in [0.3, 0.4) is 0 Å². The maximum atomic E-state index is 12.7. The number of aromatic nitrogens is 1. The van der Waals surface area contributed by atoms with Crippen molar-refractivity contribution in [3.63, 3.8) is 0 Å². The Morgan fingerprint density at radius 1 is 1.12 bits per heavy atom. The minimum atomic E-state index is -0.236. The molecule has 2 N–H and O–H groups in total. The third-order valence-electron chi connectivity index (χ3n) is 4.52. The molecule has 1 aromatic heterocycles. The van der Waals surface area contributed by atoms with Crippen molar-refractivity contribution in [1.82, 2.24) is 9.99 Å². The lowest BCUT2D eigenvalue weighted by atomic mass is 9.98. The molecule has 120 valence electrons. The Kier molecular flexibility index (Phi) is 3.34. The first-order valence-corrected chi connectivity index (χ1v) is 7.85. The van der Waals surface area contributed by atoms with E-state index in [-0.39, 0.29) is 22.9 Å². The number of aromatic hydroxyl groups is 1. The van der Waals surface area contributed by atoms with Crippen molar-refractivity contribution >= 4 is 16.6 Å². The molecule has 2 heterocycles. The van der Waals surface area contributed by atoms with Gasteiger partial charge in [0.05, 0.1) is 17.3 Å². The minimum absolute atomic E-state index is 0.00274. The van der Waals surface area contributed by atoms with Gasteiger partial charge in [-0.05, 0) is 17.7 Å². The average molecular weight is 319 g/mol. The lowest BCUT2D eigenvalue weighted by Crippen LogP contribution is -2.24. The topological polar surface area (TPSA) is 66.6 Å². The van der Waals surface area contributed by atoms with E-state index in [4.69, 9.17) is 0 Å². The monoisotopic (exact) mass is 319 g/mol. The van der Waals surface area contributed by atoms with Gasteiger partial charge in [-0.3, -0.25) is 4.79 Å². The smallest absolute Gasteiger partial charge is 0.263 e. The molecule has 0 saturated heterocycles. The van der Waals surface area contributed by atoms with Crippen molar-refractivity contribution in [2.75, 3.05) is 0 Å². The van der Waals surface area contributed by atoms with Gasteiger partial charge in [-0.1, -0.05) is 42.5 Å². The van der Waals surface area contributed by atoms with Crippen LogP contribution in [0.15, 0.2) is 64.5 Å². The van der Waals surface area contributed by atoms with Gasteiger partial charge in [-0.2, -0.15) is 5.10 Å². The third-order valence-corrected chi connectivity index (χ3v) is 4.52. The van der Waals surface area contributed by atoms with Crippen LogP contribution in [0, 0.1) is 0 Å². The summed E-state index contributed by atoms with van der Waals surface area (Å²) < 4.78 is 1.56. The van der Waals surface area contributed by atoms with Gasteiger partial charge in [-0.15, -0.1) is 0 Å². The number of aryl methyl sites for hydroxylation is 1. The highest BCUT2D eigenvalue weighted by molar-refractivity contribution is 6.07. The molecule has 0 saturated carbocycles. The quantitative estimate of drug-likeness (QED) is 0.763. The van der Waals surface area contributed by atoms with Crippen LogP contribution in [0.1, 0.15) is 23.6 Å². The van der Waals surface area contributed by atoms with Crippen molar-refractivity contribution in [3.8, 4) is 5.75 Å². The summed E-state index contributed by atoms with van der Waals surface area (Å²) in [5.74, 6) is 0.00274. The van der Waals surface area contributed by atoms with E-state index in [2.05, 4.69) is 10.5 Å². The lowest BCUT2D eigenvalue weighted by molar-refractivity contribution is 0.478. The molecule has 5 nitrogen and oxygen atoms in total. The average Bonchev–Trinajstić information content (AvgIpc) is 3.10. The van der Waals surface area contributed by atoms with Crippen molar-refractivity contribution in [3.05, 3.63) is 76.1 Å². The van der Waals surface area contributed by atoms with E-state index in [1.165, 1.54) is 0 Å². The van der Waals surface area contributed by atoms with Crippen LogP contribution in [0.25, 0.3) is 10.9 Å². The zero-order chi connectivity index (χ0) is 16.7.